The number of halogens is 4. The summed E-state index contributed by atoms with van der Waals surface area (Å²) in [6, 6.07) is 11.3. The fourth-order valence-electron chi connectivity index (χ4n) is 3.72. The SMILES string of the molecule is CC(c1nc(-c2cccc(C(F)(F)F)c2)no1)N1CCN(Cc2cccc(F)c2)CC1. The van der Waals surface area contributed by atoms with Crippen molar-refractivity contribution in [1.29, 1.82) is 0 Å². The molecule has 0 bridgehead atoms. The van der Waals surface area contributed by atoms with E-state index in [1.165, 1.54) is 18.2 Å². The first kappa shape index (κ1) is 21.5. The predicted octanol–water partition coefficient (Wildman–Crippen LogP) is 4.77. The Balaban J connectivity index is 1.38. The zero-order chi connectivity index (χ0) is 22.0. The summed E-state index contributed by atoms with van der Waals surface area (Å²) in [4.78, 5) is 8.77. The second-order valence-corrected chi connectivity index (χ2v) is 7.65. The van der Waals surface area contributed by atoms with Gasteiger partial charge in [-0.05, 0) is 36.8 Å². The normalized spacial score (nSPS) is 17.1. The van der Waals surface area contributed by atoms with Crippen LogP contribution in [0, 0.1) is 5.82 Å². The maximum atomic E-state index is 13.4. The number of rotatable bonds is 5. The third-order valence-electron chi connectivity index (χ3n) is 5.50. The van der Waals surface area contributed by atoms with Crippen LogP contribution in [0.4, 0.5) is 17.6 Å². The van der Waals surface area contributed by atoms with Crippen molar-refractivity contribution in [2.24, 2.45) is 0 Å². The van der Waals surface area contributed by atoms with Gasteiger partial charge in [-0.3, -0.25) is 9.80 Å². The van der Waals surface area contributed by atoms with Gasteiger partial charge in [0.2, 0.25) is 11.7 Å². The van der Waals surface area contributed by atoms with Crippen molar-refractivity contribution in [2.75, 3.05) is 26.2 Å². The van der Waals surface area contributed by atoms with Gasteiger partial charge < -0.3 is 4.52 Å². The number of aromatic nitrogens is 2. The van der Waals surface area contributed by atoms with Crippen LogP contribution >= 0.6 is 0 Å². The van der Waals surface area contributed by atoms with Crippen molar-refractivity contribution in [3.8, 4) is 11.4 Å². The lowest BCUT2D eigenvalue weighted by molar-refractivity contribution is -0.137. The highest BCUT2D eigenvalue weighted by atomic mass is 19.4. The summed E-state index contributed by atoms with van der Waals surface area (Å²) in [7, 11) is 0. The number of nitrogens with zero attached hydrogens (tertiary/aromatic N) is 4. The van der Waals surface area contributed by atoms with E-state index in [-0.39, 0.29) is 23.2 Å². The molecule has 1 atom stereocenters. The Morgan fingerprint density at radius 3 is 2.48 bits per heavy atom. The fourth-order valence-corrected chi connectivity index (χ4v) is 3.72. The van der Waals surface area contributed by atoms with E-state index in [1.807, 2.05) is 13.0 Å². The number of alkyl halides is 3. The van der Waals surface area contributed by atoms with Gasteiger partial charge >= 0.3 is 6.18 Å². The van der Waals surface area contributed by atoms with Crippen LogP contribution < -0.4 is 0 Å². The summed E-state index contributed by atoms with van der Waals surface area (Å²) in [6.07, 6.45) is -4.43. The maximum Gasteiger partial charge on any atom is 0.416 e. The second kappa shape index (κ2) is 8.76. The summed E-state index contributed by atoms with van der Waals surface area (Å²) in [5.74, 6) is 0.265. The molecule has 0 radical (unpaired) electrons. The lowest BCUT2D eigenvalue weighted by atomic mass is 10.1. The Kier molecular flexibility index (Phi) is 6.06. The summed E-state index contributed by atoms with van der Waals surface area (Å²) >= 11 is 0. The predicted molar refractivity (Wildman–Crippen MR) is 106 cm³/mol. The zero-order valence-electron chi connectivity index (χ0n) is 16.9. The summed E-state index contributed by atoms with van der Waals surface area (Å²) < 4.78 is 57.6. The highest BCUT2D eigenvalue weighted by Crippen LogP contribution is 2.32. The summed E-state index contributed by atoms with van der Waals surface area (Å²) in [5.41, 5.74) is 0.444. The van der Waals surface area contributed by atoms with Gasteiger partial charge in [-0.1, -0.05) is 29.4 Å². The highest BCUT2D eigenvalue weighted by molar-refractivity contribution is 5.55. The van der Waals surface area contributed by atoms with Crippen molar-refractivity contribution >= 4 is 0 Å². The van der Waals surface area contributed by atoms with Crippen LogP contribution in [0.2, 0.25) is 0 Å². The zero-order valence-corrected chi connectivity index (χ0v) is 16.9. The number of hydrogen-bond donors (Lipinski definition) is 0. The van der Waals surface area contributed by atoms with E-state index in [0.29, 0.717) is 12.4 Å². The third-order valence-corrected chi connectivity index (χ3v) is 5.50. The van der Waals surface area contributed by atoms with Crippen LogP contribution in [-0.4, -0.2) is 46.1 Å². The quantitative estimate of drug-likeness (QED) is 0.541. The Bertz CT molecular complexity index is 1030. The van der Waals surface area contributed by atoms with Crippen LogP contribution in [-0.2, 0) is 12.7 Å². The molecule has 164 valence electrons. The molecule has 0 saturated carbocycles. The van der Waals surface area contributed by atoms with Crippen molar-refractivity contribution in [1.82, 2.24) is 19.9 Å². The molecule has 1 aliphatic heterocycles. The average Bonchev–Trinajstić information content (AvgIpc) is 3.24. The molecule has 9 heteroatoms. The van der Waals surface area contributed by atoms with Crippen molar-refractivity contribution in [2.45, 2.75) is 25.7 Å². The Morgan fingerprint density at radius 2 is 1.77 bits per heavy atom. The van der Waals surface area contributed by atoms with E-state index in [9.17, 15) is 17.6 Å². The van der Waals surface area contributed by atoms with E-state index in [0.717, 1.165) is 43.9 Å². The monoisotopic (exact) mass is 434 g/mol. The molecule has 1 fully saturated rings. The van der Waals surface area contributed by atoms with Crippen LogP contribution in [0.5, 0.6) is 0 Å². The number of benzene rings is 2. The van der Waals surface area contributed by atoms with Gasteiger partial charge in [0.1, 0.15) is 5.82 Å². The molecule has 4 rings (SSSR count). The molecule has 1 unspecified atom stereocenters. The Labute approximate surface area is 177 Å². The number of hydrogen-bond acceptors (Lipinski definition) is 5. The van der Waals surface area contributed by atoms with Gasteiger partial charge in [0.15, 0.2) is 0 Å². The van der Waals surface area contributed by atoms with Crippen LogP contribution in [0.15, 0.2) is 53.1 Å². The smallest absolute Gasteiger partial charge is 0.337 e. The van der Waals surface area contributed by atoms with E-state index < -0.39 is 11.7 Å². The molecule has 5 nitrogen and oxygen atoms in total. The lowest BCUT2D eigenvalue weighted by Gasteiger charge is -2.36. The molecule has 0 N–H and O–H groups in total. The molecule has 0 aliphatic carbocycles. The summed E-state index contributed by atoms with van der Waals surface area (Å²) in [6.45, 7) is 5.74. The first-order valence-corrected chi connectivity index (χ1v) is 10.0. The Morgan fingerprint density at radius 1 is 1.03 bits per heavy atom. The minimum Gasteiger partial charge on any atom is -0.337 e. The van der Waals surface area contributed by atoms with Crippen molar-refractivity contribution < 1.29 is 22.1 Å². The fraction of sp³-hybridized carbons (Fsp3) is 0.364. The van der Waals surface area contributed by atoms with Gasteiger partial charge in [-0.15, -0.1) is 0 Å². The molecule has 1 saturated heterocycles. The lowest BCUT2D eigenvalue weighted by Crippen LogP contribution is -2.46. The third kappa shape index (κ3) is 5.11. The highest BCUT2D eigenvalue weighted by Gasteiger charge is 2.31. The van der Waals surface area contributed by atoms with Crippen LogP contribution in [0.25, 0.3) is 11.4 Å². The van der Waals surface area contributed by atoms with E-state index in [2.05, 4.69) is 19.9 Å². The topological polar surface area (TPSA) is 45.4 Å². The van der Waals surface area contributed by atoms with E-state index >= 15 is 0 Å². The van der Waals surface area contributed by atoms with Gasteiger partial charge in [-0.2, -0.15) is 18.2 Å². The maximum absolute atomic E-state index is 13.4. The molecule has 1 aliphatic rings. The van der Waals surface area contributed by atoms with Crippen LogP contribution in [0.1, 0.15) is 30.0 Å². The Hall–Kier alpha value is -2.78. The minimum atomic E-state index is -4.43. The largest absolute Gasteiger partial charge is 0.416 e. The molecule has 0 spiro atoms. The molecular weight excluding hydrogens is 412 g/mol. The molecule has 0 amide bonds. The van der Waals surface area contributed by atoms with Crippen molar-refractivity contribution in [3.63, 3.8) is 0 Å². The van der Waals surface area contributed by atoms with Gasteiger partial charge in [0.05, 0.1) is 11.6 Å². The van der Waals surface area contributed by atoms with Gasteiger partial charge in [-0.25, -0.2) is 4.39 Å². The summed E-state index contributed by atoms with van der Waals surface area (Å²) in [5, 5.41) is 3.88. The van der Waals surface area contributed by atoms with E-state index in [4.69, 9.17) is 4.52 Å². The molecular formula is C22H22F4N4O. The molecule has 2 heterocycles. The van der Waals surface area contributed by atoms with Gasteiger partial charge in [0.25, 0.3) is 0 Å². The average molecular weight is 434 g/mol. The molecule has 3 aromatic rings. The molecule has 31 heavy (non-hydrogen) atoms. The molecule has 2 aromatic carbocycles. The minimum absolute atomic E-state index is 0.137. The van der Waals surface area contributed by atoms with Crippen molar-refractivity contribution in [3.05, 3.63) is 71.4 Å². The van der Waals surface area contributed by atoms with Crippen LogP contribution in [0.3, 0.4) is 0 Å². The first-order chi connectivity index (χ1) is 14.8. The van der Waals surface area contributed by atoms with E-state index in [1.54, 1.807) is 12.1 Å². The standard InChI is InChI=1S/C22H22F4N4O/c1-15(30-10-8-29(9-11-30)14-16-4-2-7-19(23)12-16)21-27-20(28-31-21)17-5-3-6-18(13-17)22(24,25)26/h2-7,12-13,15H,8-11,14H2,1H3. The first-order valence-electron chi connectivity index (χ1n) is 10.0. The second-order valence-electron chi connectivity index (χ2n) is 7.65. The number of piperazine rings is 1. The molecule has 1 aromatic heterocycles. The van der Waals surface area contributed by atoms with Gasteiger partial charge in [0, 0.05) is 38.3 Å².